The Morgan fingerprint density at radius 3 is 2.79 bits per heavy atom. The molecule has 0 aliphatic heterocycles. The molecular weight excluding hydrogens is 258 g/mol. The van der Waals surface area contributed by atoms with E-state index in [1.165, 1.54) is 17.3 Å². The topological polar surface area (TPSA) is 71.5 Å². The molecule has 4 nitrogen and oxygen atoms in total. The van der Waals surface area contributed by atoms with Crippen LogP contribution in [0.3, 0.4) is 0 Å². The van der Waals surface area contributed by atoms with Crippen LogP contribution in [0.5, 0.6) is 0 Å². The zero-order valence-corrected chi connectivity index (χ0v) is 11.6. The van der Waals surface area contributed by atoms with E-state index in [9.17, 15) is 0 Å². The van der Waals surface area contributed by atoms with Crippen LogP contribution >= 0.6 is 11.8 Å². The van der Waals surface area contributed by atoms with Crippen LogP contribution in [0.15, 0.2) is 51.6 Å². The molecule has 0 radical (unpaired) electrons. The highest BCUT2D eigenvalue weighted by atomic mass is 32.2. The third kappa shape index (κ3) is 3.06. The van der Waals surface area contributed by atoms with E-state index in [0.717, 1.165) is 15.5 Å². The van der Waals surface area contributed by atoms with E-state index < -0.39 is 0 Å². The monoisotopic (exact) mass is 273 g/mol. The highest BCUT2D eigenvalue weighted by Gasteiger charge is 2.13. The summed E-state index contributed by atoms with van der Waals surface area (Å²) < 4.78 is 0. The maximum atomic E-state index is 8.87. The maximum Gasteiger partial charge on any atom is 0.173 e. The van der Waals surface area contributed by atoms with Crippen LogP contribution < -0.4 is 5.73 Å². The molecule has 0 aliphatic rings. The number of hydrogen-bond acceptors (Lipinski definition) is 4. The molecule has 1 aromatic carbocycles. The fourth-order valence-electron chi connectivity index (χ4n) is 1.76. The lowest BCUT2D eigenvalue weighted by Gasteiger charge is -2.10. The zero-order chi connectivity index (χ0) is 13.8. The fraction of sp³-hybridized carbons (Fsp3) is 0.143. The third-order valence-corrected chi connectivity index (χ3v) is 3.68. The minimum atomic E-state index is 0.0840. The average molecular weight is 273 g/mol. The Labute approximate surface area is 116 Å². The van der Waals surface area contributed by atoms with Crippen molar-refractivity contribution >= 4 is 17.6 Å². The van der Waals surface area contributed by atoms with Crippen LogP contribution in [-0.4, -0.2) is 16.0 Å². The van der Waals surface area contributed by atoms with Crippen molar-refractivity contribution in [1.29, 1.82) is 0 Å². The molecule has 0 aliphatic carbocycles. The Kier molecular flexibility index (Phi) is 4.06. The summed E-state index contributed by atoms with van der Waals surface area (Å²) in [4.78, 5) is 5.40. The maximum absolute atomic E-state index is 8.87. The molecule has 0 unspecified atom stereocenters. The number of nitrogens with two attached hydrogens (primary N) is 1. The predicted octanol–water partition coefficient (Wildman–Crippen LogP) is 2.94. The van der Waals surface area contributed by atoms with Gasteiger partial charge in [-0.05, 0) is 37.6 Å². The van der Waals surface area contributed by atoms with Crippen molar-refractivity contribution in [3.8, 4) is 0 Å². The van der Waals surface area contributed by atoms with Gasteiger partial charge >= 0.3 is 0 Å². The van der Waals surface area contributed by atoms with Gasteiger partial charge in [0, 0.05) is 11.1 Å². The predicted molar refractivity (Wildman–Crippen MR) is 76.8 cm³/mol. The highest BCUT2D eigenvalue weighted by molar-refractivity contribution is 7.99. The number of benzene rings is 1. The van der Waals surface area contributed by atoms with Gasteiger partial charge in [0.2, 0.25) is 0 Å². The van der Waals surface area contributed by atoms with Gasteiger partial charge in [0.15, 0.2) is 5.84 Å². The minimum absolute atomic E-state index is 0.0840. The molecule has 0 amide bonds. The molecule has 98 valence electrons. The largest absolute Gasteiger partial charge is 0.409 e. The lowest BCUT2D eigenvalue weighted by molar-refractivity contribution is 0.318. The van der Waals surface area contributed by atoms with Gasteiger partial charge in [0.05, 0.1) is 5.56 Å². The first-order chi connectivity index (χ1) is 9.11. The van der Waals surface area contributed by atoms with Gasteiger partial charge in [-0.25, -0.2) is 4.98 Å². The number of nitrogens with zero attached hydrogens (tertiary/aromatic N) is 2. The molecule has 1 aromatic heterocycles. The Morgan fingerprint density at radius 2 is 2.11 bits per heavy atom. The number of rotatable bonds is 3. The molecule has 2 aromatic rings. The molecule has 0 bridgehead atoms. The van der Waals surface area contributed by atoms with Crippen LogP contribution in [0.4, 0.5) is 0 Å². The second-order valence-corrected chi connectivity index (χ2v) is 5.27. The second-order valence-electron chi connectivity index (χ2n) is 4.21. The molecule has 2 rings (SSSR count). The van der Waals surface area contributed by atoms with E-state index in [0.29, 0.717) is 5.56 Å². The van der Waals surface area contributed by atoms with E-state index in [4.69, 9.17) is 10.9 Å². The number of aromatic nitrogens is 1. The highest BCUT2D eigenvalue weighted by Crippen LogP contribution is 2.30. The number of oxime groups is 1. The summed E-state index contributed by atoms with van der Waals surface area (Å²) >= 11 is 1.50. The van der Waals surface area contributed by atoms with Crippen molar-refractivity contribution in [3.63, 3.8) is 0 Å². The molecule has 0 fully saturated rings. The SMILES string of the molecule is Cc1cccc(Sc2nccc(C)c2/C(N)=N/O)c1. The first-order valence-electron chi connectivity index (χ1n) is 5.80. The summed E-state index contributed by atoms with van der Waals surface area (Å²) in [6.45, 7) is 3.95. The van der Waals surface area contributed by atoms with Crippen molar-refractivity contribution in [2.24, 2.45) is 10.9 Å². The van der Waals surface area contributed by atoms with Gasteiger partial charge in [0.25, 0.3) is 0 Å². The number of hydrogen-bond donors (Lipinski definition) is 2. The van der Waals surface area contributed by atoms with Gasteiger partial charge < -0.3 is 10.9 Å². The summed E-state index contributed by atoms with van der Waals surface area (Å²) in [6.07, 6.45) is 1.72. The summed E-state index contributed by atoms with van der Waals surface area (Å²) in [7, 11) is 0. The van der Waals surface area contributed by atoms with E-state index >= 15 is 0 Å². The van der Waals surface area contributed by atoms with Gasteiger partial charge in [-0.1, -0.05) is 34.6 Å². The van der Waals surface area contributed by atoms with Gasteiger partial charge in [0.1, 0.15) is 5.03 Å². The first-order valence-corrected chi connectivity index (χ1v) is 6.61. The average Bonchev–Trinajstić information content (AvgIpc) is 2.38. The van der Waals surface area contributed by atoms with Crippen molar-refractivity contribution in [2.75, 3.05) is 0 Å². The summed E-state index contributed by atoms with van der Waals surface area (Å²) in [5.41, 5.74) is 8.52. The summed E-state index contributed by atoms with van der Waals surface area (Å²) in [6, 6.07) is 9.96. The van der Waals surface area contributed by atoms with Crippen LogP contribution in [0.1, 0.15) is 16.7 Å². The number of pyridine rings is 1. The van der Waals surface area contributed by atoms with E-state index in [1.807, 2.05) is 38.1 Å². The molecular formula is C14H15N3OS. The Hall–Kier alpha value is -2.01. The Morgan fingerprint density at radius 1 is 1.32 bits per heavy atom. The van der Waals surface area contributed by atoms with Crippen LogP contribution in [0.2, 0.25) is 0 Å². The smallest absolute Gasteiger partial charge is 0.173 e. The quantitative estimate of drug-likeness (QED) is 0.390. The van der Waals surface area contributed by atoms with Gasteiger partial charge in [-0.15, -0.1) is 0 Å². The summed E-state index contributed by atoms with van der Waals surface area (Å²) in [5.74, 6) is 0.0840. The Balaban J connectivity index is 2.43. The molecule has 0 saturated heterocycles. The van der Waals surface area contributed by atoms with Crippen molar-refractivity contribution in [1.82, 2.24) is 4.98 Å². The van der Waals surface area contributed by atoms with Crippen LogP contribution in [-0.2, 0) is 0 Å². The zero-order valence-electron chi connectivity index (χ0n) is 10.8. The van der Waals surface area contributed by atoms with Crippen molar-refractivity contribution in [3.05, 3.63) is 53.2 Å². The molecule has 0 spiro atoms. The van der Waals surface area contributed by atoms with Crippen molar-refractivity contribution < 1.29 is 5.21 Å². The second kappa shape index (κ2) is 5.75. The molecule has 19 heavy (non-hydrogen) atoms. The molecule has 1 heterocycles. The molecule has 0 saturated carbocycles. The molecule has 3 N–H and O–H groups in total. The standard InChI is InChI=1S/C14H15N3OS/c1-9-4-3-5-11(8-9)19-14-12(13(15)17-18)10(2)6-7-16-14/h3-8,18H,1-2H3,(H2,15,17). The van der Waals surface area contributed by atoms with E-state index in [-0.39, 0.29) is 5.84 Å². The van der Waals surface area contributed by atoms with E-state index in [1.54, 1.807) is 6.20 Å². The van der Waals surface area contributed by atoms with Gasteiger partial charge in [-0.3, -0.25) is 0 Å². The summed E-state index contributed by atoms with van der Waals surface area (Å²) in [5, 5.41) is 12.7. The van der Waals surface area contributed by atoms with Crippen LogP contribution in [0.25, 0.3) is 0 Å². The molecule has 0 atom stereocenters. The number of amidine groups is 1. The first kappa shape index (κ1) is 13.4. The van der Waals surface area contributed by atoms with E-state index in [2.05, 4.69) is 16.2 Å². The minimum Gasteiger partial charge on any atom is -0.409 e. The van der Waals surface area contributed by atoms with Crippen molar-refractivity contribution in [2.45, 2.75) is 23.8 Å². The Bertz CT molecular complexity index is 626. The fourth-order valence-corrected chi connectivity index (χ4v) is 2.86. The lowest BCUT2D eigenvalue weighted by atomic mass is 10.1. The molecule has 5 heteroatoms. The number of aryl methyl sites for hydroxylation is 2. The van der Waals surface area contributed by atoms with Gasteiger partial charge in [-0.2, -0.15) is 0 Å². The normalized spacial score (nSPS) is 11.6. The van der Waals surface area contributed by atoms with Crippen LogP contribution in [0, 0.1) is 13.8 Å². The lowest BCUT2D eigenvalue weighted by Crippen LogP contribution is -2.16. The third-order valence-electron chi connectivity index (χ3n) is 2.69.